The summed E-state index contributed by atoms with van der Waals surface area (Å²) in [5.41, 5.74) is 3.92. The lowest BCUT2D eigenvalue weighted by molar-refractivity contribution is 0.532. The molecule has 0 spiro atoms. The molecule has 1 N–H and O–H groups in total. The molecule has 0 atom stereocenters. The second kappa shape index (κ2) is 8.72. The van der Waals surface area contributed by atoms with Crippen molar-refractivity contribution in [2.75, 3.05) is 0 Å². The van der Waals surface area contributed by atoms with Crippen LogP contribution in [0, 0.1) is 6.92 Å². The normalized spacial score (nSPS) is 11.1. The Bertz CT molecular complexity index is 1050. The van der Waals surface area contributed by atoms with Gasteiger partial charge < -0.3 is 0 Å². The molecule has 0 aliphatic carbocycles. The Hall–Kier alpha value is -3.42. The van der Waals surface area contributed by atoms with Crippen molar-refractivity contribution in [3.63, 3.8) is 0 Å². The molecule has 148 valence electrons. The van der Waals surface area contributed by atoms with Crippen molar-refractivity contribution < 1.29 is 0 Å². The number of aromatic amines is 1. The Morgan fingerprint density at radius 1 is 1.03 bits per heavy atom. The summed E-state index contributed by atoms with van der Waals surface area (Å²) in [4.78, 5) is 9.27. The van der Waals surface area contributed by atoms with Gasteiger partial charge in [0.25, 0.3) is 0 Å². The van der Waals surface area contributed by atoms with Gasteiger partial charge in [0.1, 0.15) is 11.6 Å². The first-order chi connectivity index (χ1) is 14.2. The second-order valence-electron chi connectivity index (χ2n) is 7.00. The van der Waals surface area contributed by atoms with E-state index in [4.69, 9.17) is 0 Å². The summed E-state index contributed by atoms with van der Waals surface area (Å²) >= 11 is 0. The Labute approximate surface area is 169 Å². The molecule has 29 heavy (non-hydrogen) atoms. The van der Waals surface area contributed by atoms with E-state index >= 15 is 0 Å². The minimum absolute atomic E-state index is 0.570. The van der Waals surface area contributed by atoms with Gasteiger partial charge in [-0.3, -0.25) is 4.98 Å². The van der Waals surface area contributed by atoms with Crippen molar-refractivity contribution in [2.45, 2.75) is 46.1 Å². The molecule has 0 radical (unpaired) electrons. The summed E-state index contributed by atoms with van der Waals surface area (Å²) < 4.78 is 2.02. The Kier molecular flexibility index (Phi) is 5.69. The molecule has 0 unspecified atom stereocenters. The molecule has 0 bridgehead atoms. The van der Waals surface area contributed by atoms with Gasteiger partial charge in [-0.1, -0.05) is 50.1 Å². The number of tetrazole rings is 1. The summed E-state index contributed by atoms with van der Waals surface area (Å²) in [6, 6.07) is 12.1. The van der Waals surface area contributed by atoms with Gasteiger partial charge in [-0.2, -0.15) is 10.3 Å². The highest BCUT2D eigenvalue weighted by atomic mass is 15.5. The van der Waals surface area contributed by atoms with Crippen molar-refractivity contribution >= 4 is 0 Å². The van der Waals surface area contributed by atoms with Crippen LogP contribution < -0.4 is 0 Å². The van der Waals surface area contributed by atoms with Gasteiger partial charge in [-0.05, 0) is 30.2 Å². The zero-order valence-electron chi connectivity index (χ0n) is 16.7. The quantitative estimate of drug-likeness (QED) is 0.463. The van der Waals surface area contributed by atoms with E-state index in [1.165, 1.54) is 12.8 Å². The van der Waals surface area contributed by atoms with E-state index in [0.29, 0.717) is 12.2 Å². The lowest BCUT2D eigenvalue weighted by atomic mass is 10.0. The van der Waals surface area contributed by atoms with Crippen molar-refractivity contribution in [3.05, 3.63) is 59.9 Å². The summed E-state index contributed by atoms with van der Waals surface area (Å²) in [7, 11) is 0. The molecule has 3 aromatic heterocycles. The van der Waals surface area contributed by atoms with Crippen LogP contribution in [0.2, 0.25) is 0 Å². The Balaban J connectivity index is 1.54. The molecule has 3 heterocycles. The topological polar surface area (TPSA) is 98.1 Å². The molecular formula is C21H24N8. The fourth-order valence-corrected chi connectivity index (χ4v) is 3.38. The van der Waals surface area contributed by atoms with E-state index in [1.807, 2.05) is 48.1 Å². The summed E-state index contributed by atoms with van der Waals surface area (Å²) in [5, 5.41) is 18.9. The number of hydrogen-bond acceptors (Lipinski definition) is 6. The van der Waals surface area contributed by atoms with E-state index in [2.05, 4.69) is 48.7 Å². The third-order valence-corrected chi connectivity index (χ3v) is 4.82. The van der Waals surface area contributed by atoms with E-state index in [1.54, 1.807) is 0 Å². The van der Waals surface area contributed by atoms with Crippen LogP contribution in [-0.2, 0) is 13.0 Å². The highest BCUT2D eigenvalue weighted by Gasteiger charge is 2.12. The molecule has 4 rings (SSSR count). The third-order valence-electron chi connectivity index (χ3n) is 4.82. The summed E-state index contributed by atoms with van der Waals surface area (Å²) in [5.74, 6) is 2.34. The zero-order valence-corrected chi connectivity index (χ0v) is 16.7. The monoisotopic (exact) mass is 388 g/mol. The maximum Gasteiger partial charge on any atom is 0.205 e. The fourth-order valence-electron chi connectivity index (χ4n) is 3.38. The van der Waals surface area contributed by atoms with Crippen LogP contribution in [-0.4, -0.2) is 40.4 Å². The van der Waals surface area contributed by atoms with Gasteiger partial charge in [0.05, 0.1) is 0 Å². The first-order valence-corrected chi connectivity index (χ1v) is 9.93. The number of pyridine rings is 1. The van der Waals surface area contributed by atoms with E-state index < -0.39 is 0 Å². The minimum atomic E-state index is 0.570. The van der Waals surface area contributed by atoms with E-state index in [-0.39, 0.29) is 0 Å². The number of rotatable bonds is 8. The second-order valence-corrected chi connectivity index (χ2v) is 7.00. The molecule has 0 aliphatic rings. The fraction of sp³-hybridized carbons (Fsp3) is 0.333. The molecule has 8 nitrogen and oxygen atoms in total. The smallest absolute Gasteiger partial charge is 0.205 e. The first kappa shape index (κ1) is 18.9. The lowest BCUT2D eigenvalue weighted by Gasteiger charge is -2.08. The number of nitrogens with zero attached hydrogens (tertiary/aromatic N) is 7. The first-order valence-electron chi connectivity index (χ1n) is 9.93. The van der Waals surface area contributed by atoms with Gasteiger partial charge in [-0.25, -0.2) is 9.67 Å². The van der Waals surface area contributed by atoms with Gasteiger partial charge in [0.15, 0.2) is 0 Å². The van der Waals surface area contributed by atoms with E-state index in [0.717, 1.165) is 47.0 Å². The number of hydrogen-bond donors (Lipinski definition) is 1. The Morgan fingerprint density at radius 2 is 1.90 bits per heavy atom. The van der Waals surface area contributed by atoms with Crippen LogP contribution in [0.25, 0.3) is 22.5 Å². The largest absolute Gasteiger partial charge is 0.260 e. The maximum absolute atomic E-state index is 4.67. The van der Waals surface area contributed by atoms with Crippen molar-refractivity contribution in [3.8, 4) is 22.5 Å². The minimum Gasteiger partial charge on any atom is -0.260 e. The highest BCUT2D eigenvalue weighted by molar-refractivity contribution is 5.79. The van der Waals surface area contributed by atoms with Crippen LogP contribution in [0.1, 0.15) is 43.5 Å². The SMILES string of the molecule is CCCCCn1nc(C)nc1Cc1ccc(-c2ccccc2-c2nn[nH]n2)cn1. The van der Waals surface area contributed by atoms with Gasteiger partial charge in [0.2, 0.25) is 5.82 Å². The summed E-state index contributed by atoms with van der Waals surface area (Å²) in [6.07, 6.45) is 6.06. The van der Waals surface area contributed by atoms with Crippen LogP contribution in [0.15, 0.2) is 42.6 Å². The summed E-state index contributed by atoms with van der Waals surface area (Å²) in [6.45, 7) is 5.04. The predicted molar refractivity (Wildman–Crippen MR) is 110 cm³/mol. The van der Waals surface area contributed by atoms with Crippen LogP contribution in [0.5, 0.6) is 0 Å². The molecule has 4 aromatic rings. The van der Waals surface area contributed by atoms with Crippen LogP contribution in [0.4, 0.5) is 0 Å². The lowest BCUT2D eigenvalue weighted by Crippen LogP contribution is -2.07. The number of H-pyrrole nitrogens is 1. The number of aryl methyl sites for hydroxylation is 2. The van der Waals surface area contributed by atoms with Crippen molar-refractivity contribution in [1.82, 2.24) is 40.4 Å². The molecule has 0 saturated heterocycles. The molecule has 0 saturated carbocycles. The zero-order chi connectivity index (χ0) is 20.1. The number of aromatic nitrogens is 8. The third kappa shape index (κ3) is 4.37. The predicted octanol–water partition coefficient (Wildman–Crippen LogP) is 3.61. The average molecular weight is 388 g/mol. The number of unbranched alkanes of at least 4 members (excludes halogenated alkanes) is 2. The average Bonchev–Trinajstić information content (AvgIpc) is 3.39. The van der Waals surface area contributed by atoms with Gasteiger partial charge in [0, 0.05) is 36.0 Å². The van der Waals surface area contributed by atoms with Crippen LogP contribution >= 0.6 is 0 Å². The molecular weight excluding hydrogens is 364 g/mol. The molecule has 0 fully saturated rings. The number of benzene rings is 1. The maximum atomic E-state index is 4.67. The number of nitrogens with one attached hydrogen (secondary N) is 1. The molecule has 8 heteroatoms. The standard InChI is InChI=1S/C21H24N8/c1-3-4-7-12-29-20(23-15(2)26-29)13-17-11-10-16(14-22-17)18-8-5-6-9-19(18)21-24-27-28-25-21/h5-6,8-11,14H,3-4,7,12-13H2,1-2H3,(H,24,25,27,28). The van der Waals surface area contributed by atoms with Gasteiger partial charge >= 0.3 is 0 Å². The highest BCUT2D eigenvalue weighted by Crippen LogP contribution is 2.29. The Morgan fingerprint density at radius 3 is 2.62 bits per heavy atom. The van der Waals surface area contributed by atoms with Crippen molar-refractivity contribution in [1.29, 1.82) is 0 Å². The molecule has 1 aromatic carbocycles. The van der Waals surface area contributed by atoms with Crippen LogP contribution in [0.3, 0.4) is 0 Å². The van der Waals surface area contributed by atoms with Gasteiger partial charge in [-0.15, -0.1) is 10.2 Å². The van der Waals surface area contributed by atoms with E-state index in [9.17, 15) is 0 Å². The molecule has 0 amide bonds. The van der Waals surface area contributed by atoms with Crippen molar-refractivity contribution in [2.24, 2.45) is 0 Å². The molecule has 0 aliphatic heterocycles.